The predicted molar refractivity (Wildman–Crippen MR) is 120 cm³/mol. The van der Waals surface area contributed by atoms with Gasteiger partial charge in [0.15, 0.2) is 0 Å². The first-order valence-corrected chi connectivity index (χ1v) is 10.8. The van der Waals surface area contributed by atoms with Gasteiger partial charge in [0.05, 0.1) is 29.1 Å². The minimum atomic E-state index is -0.934. The zero-order valence-electron chi connectivity index (χ0n) is 17.4. The first kappa shape index (κ1) is 22.5. The van der Waals surface area contributed by atoms with E-state index in [1.807, 2.05) is 0 Å². The van der Waals surface area contributed by atoms with Crippen molar-refractivity contribution in [1.29, 1.82) is 0 Å². The number of nitrogens with zero attached hydrogens (tertiary/aromatic N) is 1. The molecule has 1 aliphatic heterocycles. The van der Waals surface area contributed by atoms with Crippen molar-refractivity contribution in [2.24, 2.45) is 0 Å². The van der Waals surface area contributed by atoms with Crippen LogP contribution in [0.3, 0.4) is 0 Å². The molecule has 0 saturated heterocycles. The van der Waals surface area contributed by atoms with Gasteiger partial charge in [-0.25, -0.2) is 13.6 Å². The maximum atomic E-state index is 14.0. The van der Waals surface area contributed by atoms with E-state index >= 15 is 0 Å². The molecule has 0 fully saturated rings. The van der Waals surface area contributed by atoms with Crippen LogP contribution >= 0.6 is 11.8 Å². The molecule has 9 heteroatoms. The van der Waals surface area contributed by atoms with Crippen molar-refractivity contribution < 1.29 is 27.9 Å². The van der Waals surface area contributed by atoms with E-state index in [1.165, 1.54) is 22.7 Å². The Balaban J connectivity index is 1.71. The summed E-state index contributed by atoms with van der Waals surface area (Å²) < 4.78 is 32.2. The fraction of sp³-hybridized carbons (Fsp3) is 0.125. The van der Waals surface area contributed by atoms with E-state index in [-0.39, 0.29) is 17.9 Å². The lowest BCUT2D eigenvalue weighted by molar-refractivity contribution is -0.115. The van der Waals surface area contributed by atoms with Crippen LogP contribution in [0.5, 0.6) is 0 Å². The molecule has 3 aromatic rings. The Morgan fingerprint density at radius 1 is 1.03 bits per heavy atom. The molecule has 0 radical (unpaired) electrons. The molecule has 1 aliphatic rings. The fourth-order valence-electron chi connectivity index (χ4n) is 3.34. The van der Waals surface area contributed by atoms with Gasteiger partial charge in [-0.2, -0.15) is 0 Å². The number of amides is 2. The standard InChI is InChI=1S/C24H18F2N2O4S/c1-2-32-24(31)14-7-10-21-19(11-14)28(23(30)16-5-3-4-6-20(16)33-21)13-22(29)27-18-9-8-15(25)12-17(18)26/h3-12H,2,13H2,1H3,(H,27,29). The monoisotopic (exact) mass is 468 g/mol. The topological polar surface area (TPSA) is 75.7 Å². The van der Waals surface area contributed by atoms with Crippen LogP contribution in [0.4, 0.5) is 20.2 Å². The second-order valence-corrected chi connectivity index (χ2v) is 8.15. The van der Waals surface area contributed by atoms with E-state index in [2.05, 4.69) is 5.32 Å². The quantitative estimate of drug-likeness (QED) is 0.540. The van der Waals surface area contributed by atoms with E-state index < -0.39 is 36.0 Å². The Hall–Kier alpha value is -3.72. The van der Waals surface area contributed by atoms with Crippen molar-refractivity contribution in [1.82, 2.24) is 0 Å². The van der Waals surface area contributed by atoms with Crippen molar-refractivity contribution in [2.75, 3.05) is 23.4 Å². The molecule has 0 unspecified atom stereocenters. The summed E-state index contributed by atoms with van der Waals surface area (Å²) in [6.45, 7) is 1.41. The van der Waals surface area contributed by atoms with Crippen LogP contribution in [-0.4, -0.2) is 30.9 Å². The minimum absolute atomic E-state index is 0.185. The lowest BCUT2D eigenvalue weighted by Gasteiger charge is -2.23. The zero-order valence-corrected chi connectivity index (χ0v) is 18.2. The molecule has 1 N–H and O–H groups in total. The van der Waals surface area contributed by atoms with Gasteiger partial charge >= 0.3 is 5.97 Å². The highest BCUT2D eigenvalue weighted by Gasteiger charge is 2.30. The Morgan fingerprint density at radius 2 is 1.82 bits per heavy atom. The number of hydrogen-bond donors (Lipinski definition) is 1. The summed E-state index contributed by atoms with van der Waals surface area (Å²) in [6.07, 6.45) is 0. The third-order valence-corrected chi connectivity index (χ3v) is 5.99. The molecule has 1 heterocycles. The fourth-order valence-corrected chi connectivity index (χ4v) is 4.40. The molecule has 0 aromatic heterocycles. The number of nitrogens with one attached hydrogen (secondary N) is 1. The van der Waals surface area contributed by atoms with Crippen LogP contribution in [0.2, 0.25) is 0 Å². The Kier molecular flexibility index (Phi) is 6.41. The van der Waals surface area contributed by atoms with E-state index in [4.69, 9.17) is 4.74 Å². The third-order valence-electron chi connectivity index (χ3n) is 4.85. The first-order chi connectivity index (χ1) is 15.9. The number of carbonyl (C=O) groups is 3. The highest BCUT2D eigenvalue weighted by atomic mass is 32.2. The van der Waals surface area contributed by atoms with Crippen molar-refractivity contribution in [3.8, 4) is 0 Å². The summed E-state index contributed by atoms with van der Waals surface area (Å²) in [5.74, 6) is -3.41. The number of benzene rings is 3. The minimum Gasteiger partial charge on any atom is -0.462 e. The lowest BCUT2D eigenvalue weighted by Crippen LogP contribution is -2.38. The van der Waals surface area contributed by atoms with Crippen LogP contribution in [0.15, 0.2) is 70.5 Å². The smallest absolute Gasteiger partial charge is 0.338 e. The van der Waals surface area contributed by atoms with Gasteiger partial charge < -0.3 is 10.1 Å². The average Bonchev–Trinajstić information content (AvgIpc) is 2.90. The summed E-state index contributed by atoms with van der Waals surface area (Å²) in [5, 5.41) is 2.37. The molecule has 0 bridgehead atoms. The molecule has 33 heavy (non-hydrogen) atoms. The largest absolute Gasteiger partial charge is 0.462 e. The zero-order chi connectivity index (χ0) is 23.5. The lowest BCUT2D eigenvalue weighted by atomic mass is 10.1. The summed E-state index contributed by atoms with van der Waals surface area (Å²) in [5.41, 5.74) is 0.752. The predicted octanol–water partition coefficient (Wildman–Crippen LogP) is 4.89. The van der Waals surface area contributed by atoms with E-state index in [9.17, 15) is 23.2 Å². The van der Waals surface area contributed by atoms with Gasteiger partial charge in [0.25, 0.3) is 5.91 Å². The second-order valence-electron chi connectivity index (χ2n) is 7.06. The van der Waals surface area contributed by atoms with Gasteiger partial charge in [0.1, 0.15) is 18.2 Å². The second kappa shape index (κ2) is 9.41. The Morgan fingerprint density at radius 3 is 2.58 bits per heavy atom. The SMILES string of the molecule is CCOC(=O)c1ccc2c(c1)N(CC(=O)Nc1ccc(F)cc1F)C(=O)c1ccccc1S2. The number of esters is 1. The average molecular weight is 468 g/mol. The van der Waals surface area contributed by atoms with Gasteiger partial charge in [0.2, 0.25) is 5.91 Å². The number of anilines is 2. The maximum Gasteiger partial charge on any atom is 0.338 e. The van der Waals surface area contributed by atoms with E-state index in [1.54, 1.807) is 43.3 Å². The Labute approximate surface area is 192 Å². The van der Waals surface area contributed by atoms with Gasteiger partial charge in [-0.1, -0.05) is 23.9 Å². The number of hydrogen-bond acceptors (Lipinski definition) is 5. The van der Waals surface area contributed by atoms with Crippen molar-refractivity contribution in [2.45, 2.75) is 16.7 Å². The molecule has 0 saturated carbocycles. The van der Waals surface area contributed by atoms with Gasteiger partial charge in [-0.15, -0.1) is 0 Å². The highest BCUT2D eigenvalue weighted by molar-refractivity contribution is 7.99. The molecule has 2 amide bonds. The van der Waals surface area contributed by atoms with Gasteiger partial charge in [-0.3, -0.25) is 14.5 Å². The summed E-state index contributed by atoms with van der Waals surface area (Å²) >= 11 is 1.33. The van der Waals surface area contributed by atoms with Crippen LogP contribution in [0, 0.1) is 11.6 Å². The number of halogens is 2. The number of carbonyl (C=O) groups excluding carboxylic acids is 3. The summed E-state index contributed by atoms with van der Waals surface area (Å²) in [4.78, 5) is 41.0. The van der Waals surface area contributed by atoms with Gasteiger partial charge in [0, 0.05) is 15.9 Å². The summed E-state index contributed by atoms with van der Waals surface area (Å²) in [7, 11) is 0. The molecule has 3 aromatic carbocycles. The van der Waals surface area contributed by atoms with Crippen LogP contribution in [-0.2, 0) is 9.53 Å². The molecule has 0 atom stereocenters. The molecule has 168 valence electrons. The molecular weight excluding hydrogens is 450 g/mol. The normalized spacial score (nSPS) is 12.5. The third kappa shape index (κ3) is 4.73. The number of fused-ring (bicyclic) bond motifs is 2. The van der Waals surface area contributed by atoms with Crippen molar-refractivity contribution >= 4 is 40.9 Å². The molecule has 4 rings (SSSR count). The van der Waals surface area contributed by atoms with E-state index in [0.29, 0.717) is 27.1 Å². The molecular formula is C24H18F2N2O4S. The molecule has 0 aliphatic carbocycles. The molecule has 0 spiro atoms. The molecule has 6 nitrogen and oxygen atoms in total. The van der Waals surface area contributed by atoms with Crippen LogP contribution < -0.4 is 10.2 Å². The van der Waals surface area contributed by atoms with Crippen LogP contribution in [0.1, 0.15) is 27.6 Å². The van der Waals surface area contributed by atoms with Gasteiger partial charge in [-0.05, 0) is 49.4 Å². The van der Waals surface area contributed by atoms with E-state index in [0.717, 1.165) is 12.1 Å². The Bertz CT molecular complexity index is 1260. The van der Waals surface area contributed by atoms with Crippen molar-refractivity contribution in [3.63, 3.8) is 0 Å². The number of ether oxygens (including phenoxy) is 1. The number of rotatable bonds is 5. The van der Waals surface area contributed by atoms with Crippen molar-refractivity contribution in [3.05, 3.63) is 83.4 Å². The maximum absolute atomic E-state index is 14.0. The first-order valence-electron chi connectivity index (χ1n) is 10.0. The summed E-state index contributed by atoms with van der Waals surface area (Å²) in [6, 6.07) is 14.5. The highest BCUT2D eigenvalue weighted by Crippen LogP contribution is 2.41. The van der Waals surface area contributed by atoms with Crippen LogP contribution in [0.25, 0.3) is 0 Å².